The van der Waals surface area contributed by atoms with E-state index in [1.165, 1.54) is 6.07 Å². The molecule has 0 saturated heterocycles. The molecule has 2 aromatic rings. The highest BCUT2D eigenvalue weighted by molar-refractivity contribution is 14.0. The molecule has 0 bridgehead atoms. The first-order chi connectivity index (χ1) is 11.6. The summed E-state index contributed by atoms with van der Waals surface area (Å²) in [5.74, 6) is 0.588. The summed E-state index contributed by atoms with van der Waals surface area (Å²) in [6.45, 7) is 5.14. The maximum atomic E-state index is 13.6. The summed E-state index contributed by atoms with van der Waals surface area (Å²) < 4.78 is 19.1. The molecule has 0 aliphatic rings. The molecular formula is C17H24FIN4OS. The molecular weight excluding hydrogens is 454 g/mol. The number of para-hydroxylation sites is 1. The molecule has 2 N–H and O–H groups in total. The Morgan fingerprint density at radius 1 is 1.36 bits per heavy atom. The Bertz CT molecular complexity index is 680. The topological polar surface area (TPSA) is 58.5 Å². The maximum absolute atomic E-state index is 13.6. The average Bonchev–Trinajstić information content (AvgIpc) is 2.98. The second-order valence-electron chi connectivity index (χ2n) is 5.35. The van der Waals surface area contributed by atoms with Crippen LogP contribution < -0.4 is 15.4 Å². The fraction of sp³-hybridized carbons (Fsp3) is 0.412. The molecule has 8 heteroatoms. The van der Waals surface area contributed by atoms with Gasteiger partial charge in [0.05, 0.1) is 17.2 Å². The van der Waals surface area contributed by atoms with E-state index < -0.39 is 0 Å². The predicted octanol–water partition coefficient (Wildman–Crippen LogP) is 3.38. The molecule has 0 spiro atoms. The smallest absolute Gasteiger partial charge is 0.191 e. The van der Waals surface area contributed by atoms with E-state index in [1.54, 1.807) is 36.6 Å². The lowest BCUT2D eigenvalue weighted by atomic mass is 10.3. The van der Waals surface area contributed by atoms with E-state index in [2.05, 4.69) is 26.0 Å². The van der Waals surface area contributed by atoms with E-state index in [-0.39, 0.29) is 41.6 Å². The van der Waals surface area contributed by atoms with Gasteiger partial charge >= 0.3 is 0 Å². The van der Waals surface area contributed by atoms with Crippen molar-refractivity contribution in [2.75, 3.05) is 20.1 Å². The number of aryl methyl sites for hydroxylation is 1. The number of halogens is 2. The van der Waals surface area contributed by atoms with Gasteiger partial charge in [-0.25, -0.2) is 9.37 Å². The van der Waals surface area contributed by atoms with Gasteiger partial charge in [-0.15, -0.1) is 35.3 Å². The first-order valence-corrected chi connectivity index (χ1v) is 8.73. The number of hydrogen-bond acceptors (Lipinski definition) is 4. The lowest BCUT2D eigenvalue weighted by Gasteiger charge is -2.18. The van der Waals surface area contributed by atoms with Crippen LogP contribution in [0.15, 0.2) is 34.6 Å². The molecule has 0 amide bonds. The van der Waals surface area contributed by atoms with Gasteiger partial charge in [0.1, 0.15) is 6.10 Å². The van der Waals surface area contributed by atoms with Gasteiger partial charge in [-0.05, 0) is 26.0 Å². The summed E-state index contributed by atoms with van der Waals surface area (Å²) >= 11 is 1.65. The van der Waals surface area contributed by atoms with E-state index in [1.807, 2.05) is 13.8 Å². The molecule has 0 radical (unpaired) electrons. The van der Waals surface area contributed by atoms with Crippen molar-refractivity contribution in [2.24, 2.45) is 4.99 Å². The van der Waals surface area contributed by atoms with Crippen molar-refractivity contribution in [1.82, 2.24) is 15.6 Å². The lowest BCUT2D eigenvalue weighted by molar-refractivity contribution is 0.214. The third-order valence-corrected chi connectivity index (χ3v) is 4.11. The van der Waals surface area contributed by atoms with E-state index in [4.69, 9.17) is 4.74 Å². The lowest BCUT2D eigenvalue weighted by Crippen LogP contribution is -2.42. The molecule has 0 saturated carbocycles. The zero-order valence-corrected chi connectivity index (χ0v) is 17.7. The minimum Gasteiger partial charge on any atom is -0.486 e. The van der Waals surface area contributed by atoms with Crippen molar-refractivity contribution in [3.63, 3.8) is 0 Å². The van der Waals surface area contributed by atoms with E-state index in [9.17, 15) is 4.39 Å². The fourth-order valence-electron chi connectivity index (χ4n) is 2.09. The van der Waals surface area contributed by atoms with Gasteiger partial charge in [-0.2, -0.15) is 0 Å². The van der Waals surface area contributed by atoms with Gasteiger partial charge in [-0.1, -0.05) is 12.1 Å². The van der Waals surface area contributed by atoms with Crippen molar-refractivity contribution in [1.29, 1.82) is 0 Å². The Hall–Kier alpha value is -1.42. The number of benzene rings is 1. The average molecular weight is 478 g/mol. The molecule has 0 fully saturated rings. The third-order valence-electron chi connectivity index (χ3n) is 3.29. The molecule has 138 valence electrons. The molecule has 1 aromatic carbocycles. The molecule has 5 nitrogen and oxygen atoms in total. The SMILES string of the molecule is CN=C(NCCc1csc(C)n1)NCC(C)Oc1ccccc1F.I. The number of aliphatic imine (C=N–C) groups is 1. The molecule has 1 atom stereocenters. The van der Waals surface area contributed by atoms with Crippen molar-refractivity contribution in [3.8, 4) is 5.75 Å². The Balaban J connectivity index is 0.00000312. The minimum absolute atomic E-state index is 0. The van der Waals surface area contributed by atoms with Gasteiger partial charge < -0.3 is 15.4 Å². The number of rotatable bonds is 7. The highest BCUT2D eigenvalue weighted by Crippen LogP contribution is 2.16. The molecule has 2 rings (SSSR count). The normalized spacial score (nSPS) is 12.2. The second kappa shape index (κ2) is 11.2. The molecule has 0 aliphatic heterocycles. The summed E-state index contributed by atoms with van der Waals surface area (Å²) in [4.78, 5) is 8.59. The van der Waals surface area contributed by atoms with E-state index in [0.29, 0.717) is 12.5 Å². The summed E-state index contributed by atoms with van der Waals surface area (Å²) in [6.07, 6.45) is 0.647. The Kier molecular flexibility index (Phi) is 9.73. The van der Waals surface area contributed by atoms with Crippen LogP contribution in [0.4, 0.5) is 4.39 Å². The van der Waals surface area contributed by atoms with Crippen LogP contribution in [0.2, 0.25) is 0 Å². The van der Waals surface area contributed by atoms with Gasteiger partial charge in [0.25, 0.3) is 0 Å². The van der Waals surface area contributed by atoms with Crippen LogP contribution in [0.1, 0.15) is 17.6 Å². The second-order valence-corrected chi connectivity index (χ2v) is 6.41. The minimum atomic E-state index is -0.356. The first kappa shape index (κ1) is 21.6. The van der Waals surface area contributed by atoms with Crippen LogP contribution >= 0.6 is 35.3 Å². The zero-order valence-electron chi connectivity index (χ0n) is 14.6. The van der Waals surface area contributed by atoms with Crippen molar-refractivity contribution in [3.05, 3.63) is 46.2 Å². The number of aromatic nitrogens is 1. The van der Waals surface area contributed by atoms with Gasteiger partial charge in [-0.3, -0.25) is 4.99 Å². The zero-order chi connectivity index (χ0) is 17.4. The van der Waals surface area contributed by atoms with Crippen molar-refractivity contribution >= 4 is 41.3 Å². The van der Waals surface area contributed by atoms with E-state index >= 15 is 0 Å². The van der Waals surface area contributed by atoms with Crippen LogP contribution in [0, 0.1) is 12.7 Å². The largest absolute Gasteiger partial charge is 0.486 e. The molecule has 0 aliphatic carbocycles. The highest BCUT2D eigenvalue weighted by atomic mass is 127. The summed E-state index contributed by atoms with van der Waals surface area (Å²) in [7, 11) is 1.71. The Labute approximate surface area is 169 Å². The molecule has 1 unspecified atom stereocenters. The monoisotopic (exact) mass is 478 g/mol. The summed E-state index contributed by atoms with van der Waals surface area (Å²) in [5, 5.41) is 9.55. The van der Waals surface area contributed by atoms with Gasteiger partial charge in [0, 0.05) is 25.4 Å². The third kappa shape index (κ3) is 7.55. The quantitative estimate of drug-likeness (QED) is 0.364. The van der Waals surface area contributed by atoms with Crippen LogP contribution in [0.25, 0.3) is 0 Å². The number of hydrogen-bond donors (Lipinski definition) is 2. The number of nitrogens with zero attached hydrogens (tertiary/aromatic N) is 2. The Morgan fingerprint density at radius 2 is 2.12 bits per heavy atom. The highest BCUT2D eigenvalue weighted by Gasteiger charge is 2.09. The van der Waals surface area contributed by atoms with E-state index in [0.717, 1.165) is 23.7 Å². The predicted molar refractivity (Wildman–Crippen MR) is 112 cm³/mol. The number of thiazole rings is 1. The molecule has 25 heavy (non-hydrogen) atoms. The fourth-order valence-corrected chi connectivity index (χ4v) is 2.74. The van der Waals surface area contributed by atoms with Gasteiger partial charge in [0.2, 0.25) is 0 Å². The van der Waals surface area contributed by atoms with Crippen LogP contribution in [-0.4, -0.2) is 37.2 Å². The summed E-state index contributed by atoms with van der Waals surface area (Å²) in [6, 6.07) is 6.39. The summed E-state index contributed by atoms with van der Waals surface area (Å²) in [5.41, 5.74) is 1.08. The van der Waals surface area contributed by atoms with Crippen molar-refractivity contribution < 1.29 is 9.13 Å². The Morgan fingerprint density at radius 3 is 2.76 bits per heavy atom. The number of ether oxygens (including phenoxy) is 1. The van der Waals surface area contributed by atoms with Crippen LogP contribution in [-0.2, 0) is 6.42 Å². The molecule has 1 aromatic heterocycles. The standard InChI is InChI=1S/C17H23FN4OS.HI/c1-12(23-16-7-5-4-6-15(16)18)10-21-17(19-3)20-9-8-14-11-24-13(2)22-14;/h4-7,11-12H,8-10H2,1-3H3,(H2,19,20,21);1H. The van der Waals surface area contributed by atoms with Crippen LogP contribution in [0.5, 0.6) is 5.75 Å². The van der Waals surface area contributed by atoms with Gasteiger partial charge in [0.15, 0.2) is 17.5 Å². The molecule has 1 heterocycles. The van der Waals surface area contributed by atoms with Crippen LogP contribution in [0.3, 0.4) is 0 Å². The number of nitrogens with one attached hydrogen (secondary N) is 2. The maximum Gasteiger partial charge on any atom is 0.191 e. The first-order valence-electron chi connectivity index (χ1n) is 7.85. The number of guanidine groups is 1. The van der Waals surface area contributed by atoms with Crippen molar-refractivity contribution in [2.45, 2.75) is 26.4 Å².